The second-order valence-corrected chi connectivity index (χ2v) is 7.80. The number of hydrogen-bond donors (Lipinski definition) is 2. The summed E-state index contributed by atoms with van der Waals surface area (Å²) in [6, 6.07) is 0. The molecule has 0 aliphatic heterocycles. The average molecular weight is 434 g/mol. The molecule has 0 amide bonds. The van der Waals surface area contributed by atoms with Gasteiger partial charge in [0.15, 0.2) is 0 Å². The van der Waals surface area contributed by atoms with Gasteiger partial charge in [-0.1, -0.05) is 0 Å². The van der Waals surface area contributed by atoms with E-state index < -0.39 is 16.5 Å². The summed E-state index contributed by atoms with van der Waals surface area (Å²) in [7, 11) is 9.75. The standard InChI is InChI=1S/C10H20N2.2ClH.Pt/c11-5-9-7-1-2-8(4-3-7)10(9)6-12;;;/h7-10H,1-6,11-12H2;2*1H;/q;;;+2/p-2. The first-order valence-corrected chi connectivity index (χ1v) is 11.1. The first-order chi connectivity index (χ1) is 7.28. The second-order valence-electron chi connectivity index (χ2n) is 4.52. The van der Waals surface area contributed by atoms with Crippen LogP contribution in [0.25, 0.3) is 0 Å². The van der Waals surface area contributed by atoms with Crippen molar-refractivity contribution in [3.63, 3.8) is 0 Å². The van der Waals surface area contributed by atoms with Crippen LogP contribution in [0.3, 0.4) is 0 Å². The molecule has 0 spiro atoms. The van der Waals surface area contributed by atoms with Gasteiger partial charge in [0, 0.05) is 0 Å². The zero-order chi connectivity index (χ0) is 11.3. The molecule has 2 nitrogen and oxygen atoms in total. The predicted octanol–water partition coefficient (Wildman–Crippen LogP) is 2.33. The van der Waals surface area contributed by atoms with Gasteiger partial charge in [0.25, 0.3) is 0 Å². The van der Waals surface area contributed by atoms with E-state index in [0.717, 1.165) is 36.8 Å². The van der Waals surface area contributed by atoms with Gasteiger partial charge in [0.2, 0.25) is 0 Å². The third-order valence-electron chi connectivity index (χ3n) is 4.12. The van der Waals surface area contributed by atoms with E-state index in [1.165, 1.54) is 25.7 Å². The molecule has 0 saturated heterocycles. The Bertz CT molecular complexity index is 157. The van der Waals surface area contributed by atoms with Crippen LogP contribution in [0.2, 0.25) is 0 Å². The van der Waals surface area contributed by atoms with Gasteiger partial charge in [0.05, 0.1) is 0 Å². The summed E-state index contributed by atoms with van der Waals surface area (Å²) in [6.45, 7) is 1.73. The number of hydrogen-bond acceptors (Lipinski definition) is 2. The number of rotatable bonds is 2. The third-order valence-corrected chi connectivity index (χ3v) is 4.12. The topological polar surface area (TPSA) is 52.0 Å². The quantitative estimate of drug-likeness (QED) is 0.701. The van der Waals surface area contributed by atoms with Crippen LogP contribution >= 0.6 is 18.8 Å². The van der Waals surface area contributed by atoms with E-state index in [-0.39, 0.29) is 0 Å². The summed E-state index contributed by atoms with van der Waals surface area (Å²) in [5, 5.41) is 0. The fourth-order valence-corrected chi connectivity index (χ4v) is 3.43. The summed E-state index contributed by atoms with van der Waals surface area (Å²) in [5.41, 5.74) is 11.6. The van der Waals surface area contributed by atoms with Crippen LogP contribution in [0.4, 0.5) is 0 Å². The molecule has 3 saturated carbocycles. The van der Waals surface area contributed by atoms with Crippen LogP contribution in [0, 0.1) is 23.7 Å². The van der Waals surface area contributed by atoms with Crippen LogP contribution in [-0.4, -0.2) is 13.1 Å². The summed E-state index contributed by atoms with van der Waals surface area (Å²) in [6.07, 6.45) is 5.68. The zero-order valence-electron chi connectivity index (χ0n) is 8.78. The van der Waals surface area contributed by atoms with Crippen molar-refractivity contribution in [2.24, 2.45) is 35.1 Å². The molecule has 15 heavy (non-hydrogen) atoms. The summed E-state index contributed by atoms with van der Waals surface area (Å²) in [5.74, 6) is 3.33. The predicted molar refractivity (Wildman–Crippen MR) is 62.2 cm³/mol. The fourth-order valence-electron chi connectivity index (χ4n) is 3.43. The first-order valence-electron chi connectivity index (χ1n) is 5.51. The molecule has 2 unspecified atom stereocenters. The maximum atomic E-state index is 5.80. The summed E-state index contributed by atoms with van der Waals surface area (Å²) in [4.78, 5) is 0. The number of fused-ring (bicyclic) bond motifs is 3. The number of nitrogens with two attached hydrogens (primary N) is 2. The molecule has 0 aromatic carbocycles. The minimum atomic E-state index is -0.472. The molecule has 4 N–H and O–H groups in total. The Morgan fingerprint density at radius 3 is 1.33 bits per heavy atom. The number of halogens is 2. The van der Waals surface area contributed by atoms with Gasteiger partial charge in [-0.25, -0.2) is 0 Å². The monoisotopic (exact) mass is 433 g/mol. The van der Waals surface area contributed by atoms with Crippen molar-refractivity contribution < 1.29 is 16.5 Å². The molecule has 2 bridgehead atoms. The van der Waals surface area contributed by atoms with Crippen molar-refractivity contribution in [2.75, 3.05) is 13.1 Å². The van der Waals surface area contributed by atoms with Gasteiger partial charge < -0.3 is 11.5 Å². The second kappa shape index (κ2) is 7.50. The molecule has 0 radical (unpaired) electrons. The van der Waals surface area contributed by atoms with Gasteiger partial charge in [-0.05, 0) is 62.4 Å². The molecule has 3 aliphatic rings. The Morgan fingerprint density at radius 2 is 1.13 bits per heavy atom. The molecule has 3 aliphatic carbocycles. The Balaban J connectivity index is 0.000000337. The van der Waals surface area contributed by atoms with E-state index in [2.05, 4.69) is 0 Å². The van der Waals surface area contributed by atoms with Crippen LogP contribution in [0.1, 0.15) is 25.7 Å². The average Bonchev–Trinajstić information content (AvgIpc) is 2.30. The zero-order valence-corrected chi connectivity index (χ0v) is 12.6. The van der Waals surface area contributed by atoms with Crippen molar-refractivity contribution in [2.45, 2.75) is 25.7 Å². The SMILES string of the molecule is NCC1C2CCC(CC2)C1CN.[Cl][Pt][Cl]. The molecule has 0 aromatic heterocycles. The molecule has 5 heteroatoms. The van der Waals surface area contributed by atoms with Crippen LogP contribution < -0.4 is 11.5 Å². The van der Waals surface area contributed by atoms with Gasteiger partial charge in [0.1, 0.15) is 0 Å². The summed E-state index contributed by atoms with van der Waals surface area (Å²) < 4.78 is 0. The Hall–Kier alpha value is 1.19. The van der Waals surface area contributed by atoms with Gasteiger partial charge in [-0.15, -0.1) is 0 Å². The van der Waals surface area contributed by atoms with Crippen molar-refractivity contribution >= 4 is 18.8 Å². The van der Waals surface area contributed by atoms with Crippen molar-refractivity contribution in [1.82, 2.24) is 0 Å². The van der Waals surface area contributed by atoms with Crippen LogP contribution in [-0.2, 0) is 16.5 Å². The normalized spacial score (nSPS) is 38.7. The van der Waals surface area contributed by atoms with Crippen LogP contribution in [0.5, 0.6) is 0 Å². The first kappa shape index (κ1) is 14.3. The molecule has 0 heterocycles. The Morgan fingerprint density at radius 1 is 0.867 bits per heavy atom. The van der Waals surface area contributed by atoms with Gasteiger partial charge in [-0.3, -0.25) is 0 Å². The van der Waals surface area contributed by atoms with Crippen LogP contribution in [0.15, 0.2) is 0 Å². The fraction of sp³-hybridized carbons (Fsp3) is 1.00. The van der Waals surface area contributed by atoms with Gasteiger partial charge >= 0.3 is 35.3 Å². The van der Waals surface area contributed by atoms with E-state index in [9.17, 15) is 0 Å². The van der Waals surface area contributed by atoms with Gasteiger partial charge in [-0.2, -0.15) is 0 Å². The third kappa shape index (κ3) is 3.57. The van der Waals surface area contributed by atoms with E-state index in [0.29, 0.717) is 0 Å². The molecule has 94 valence electrons. The maximum absolute atomic E-state index is 5.80. The molecule has 3 fully saturated rings. The Labute approximate surface area is 109 Å². The molecular weight excluding hydrogens is 414 g/mol. The van der Waals surface area contributed by atoms with E-state index in [4.69, 9.17) is 30.3 Å². The van der Waals surface area contributed by atoms with Crippen molar-refractivity contribution in [1.29, 1.82) is 0 Å². The van der Waals surface area contributed by atoms with Crippen molar-refractivity contribution in [3.8, 4) is 0 Å². The van der Waals surface area contributed by atoms with E-state index >= 15 is 0 Å². The Kier molecular flexibility index (Phi) is 7.13. The molecule has 0 aromatic rings. The molecule has 3 rings (SSSR count). The van der Waals surface area contributed by atoms with Crippen molar-refractivity contribution in [3.05, 3.63) is 0 Å². The van der Waals surface area contributed by atoms with E-state index in [1.54, 1.807) is 0 Å². The summed E-state index contributed by atoms with van der Waals surface area (Å²) >= 11 is -0.472. The minimum absolute atomic E-state index is 0.472. The molecular formula is C10H20Cl2N2Pt. The molecule has 2 atom stereocenters. The van der Waals surface area contributed by atoms with E-state index in [1.807, 2.05) is 0 Å².